The van der Waals surface area contributed by atoms with E-state index < -0.39 is 0 Å². The van der Waals surface area contributed by atoms with E-state index >= 15 is 0 Å². The Balaban J connectivity index is 2.12. The van der Waals surface area contributed by atoms with Gasteiger partial charge in [-0.1, -0.05) is 13.3 Å². The maximum Gasteiger partial charge on any atom is 0.134 e. The lowest BCUT2D eigenvalue weighted by Crippen LogP contribution is -2.42. The molecule has 2 heterocycles. The molecule has 0 bridgehead atoms. The first kappa shape index (κ1) is 15.0. The Labute approximate surface area is 122 Å². The Morgan fingerprint density at radius 3 is 2.75 bits per heavy atom. The quantitative estimate of drug-likeness (QED) is 0.865. The van der Waals surface area contributed by atoms with Gasteiger partial charge < -0.3 is 15.5 Å². The highest BCUT2D eigenvalue weighted by molar-refractivity contribution is 5.57. The number of aromatic nitrogens is 2. The van der Waals surface area contributed by atoms with E-state index in [0.717, 1.165) is 31.0 Å². The van der Waals surface area contributed by atoms with Gasteiger partial charge >= 0.3 is 0 Å². The highest BCUT2D eigenvalue weighted by Crippen LogP contribution is 2.25. The largest absolute Gasteiger partial charge is 0.373 e. The van der Waals surface area contributed by atoms with Crippen molar-refractivity contribution in [1.29, 1.82) is 0 Å². The fraction of sp³-hybridized carbons (Fsp3) is 0.733. The van der Waals surface area contributed by atoms with Gasteiger partial charge in [0.15, 0.2) is 0 Å². The minimum atomic E-state index is 0.511. The molecule has 2 N–H and O–H groups in total. The topological polar surface area (TPSA) is 53.1 Å². The number of piperidine rings is 1. The Bertz CT molecular complexity index is 434. The van der Waals surface area contributed by atoms with E-state index in [1.807, 2.05) is 7.05 Å². The van der Waals surface area contributed by atoms with Gasteiger partial charge in [-0.3, -0.25) is 0 Å². The number of nitrogens with one attached hydrogen (secondary N) is 2. The molecule has 0 saturated carbocycles. The molecule has 5 nitrogen and oxygen atoms in total. The molecule has 2 atom stereocenters. The smallest absolute Gasteiger partial charge is 0.134 e. The maximum absolute atomic E-state index is 4.47. The first-order valence-corrected chi connectivity index (χ1v) is 7.64. The van der Waals surface area contributed by atoms with E-state index in [4.69, 9.17) is 0 Å². The van der Waals surface area contributed by atoms with Crippen molar-refractivity contribution in [2.45, 2.75) is 51.6 Å². The average molecular weight is 277 g/mol. The van der Waals surface area contributed by atoms with Crippen LogP contribution < -0.4 is 10.6 Å². The highest BCUT2D eigenvalue weighted by atomic mass is 15.2. The molecule has 0 amide bonds. The third kappa shape index (κ3) is 3.39. The van der Waals surface area contributed by atoms with E-state index in [1.165, 1.54) is 18.4 Å². The van der Waals surface area contributed by atoms with Gasteiger partial charge in [-0.15, -0.1) is 0 Å². The van der Waals surface area contributed by atoms with Crippen molar-refractivity contribution in [2.75, 3.05) is 31.3 Å². The van der Waals surface area contributed by atoms with Crippen LogP contribution in [-0.2, 0) is 6.42 Å². The van der Waals surface area contributed by atoms with Gasteiger partial charge in [-0.25, -0.2) is 9.97 Å². The van der Waals surface area contributed by atoms with Crippen LogP contribution in [0.2, 0.25) is 0 Å². The summed E-state index contributed by atoms with van der Waals surface area (Å²) in [6.07, 6.45) is 6.08. The van der Waals surface area contributed by atoms with Crippen molar-refractivity contribution < 1.29 is 0 Å². The van der Waals surface area contributed by atoms with E-state index in [9.17, 15) is 0 Å². The normalized spacial score (nSPS) is 23.6. The molecular formula is C15H27N5. The number of rotatable bonds is 5. The van der Waals surface area contributed by atoms with Gasteiger partial charge in [0.2, 0.25) is 0 Å². The summed E-state index contributed by atoms with van der Waals surface area (Å²) in [5.41, 5.74) is 1.21. The van der Waals surface area contributed by atoms with Crippen LogP contribution in [0.5, 0.6) is 0 Å². The van der Waals surface area contributed by atoms with Crippen molar-refractivity contribution in [3.8, 4) is 0 Å². The molecule has 2 unspecified atom stereocenters. The van der Waals surface area contributed by atoms with Crippen LogP contribution in [-0.4, -0.2) is 47.6 Å². The average Bonchev–Trinajstić information content (AvgIpc) is 2.45. The second-order valence-electron chi connectivity index (χ2n) is 5.74. The van der Waals surface area contributed by atoms with Crippen LogP contribution in [0.3, 0.4) is 0 Å². The van der Waals surface area contributed by atoms with E-state index in [0.29, 0.717) is 12.1 Å². The molecule has 5 heteroatoms. The van der Waals surface area contributed by atoms with Gasteiger partial charge in [-0.05, 0) is 33.2 Å². The summed E-state index contributed by atoms with van der Waals surface area (Å²) in [4.78, 5) is 11.2. The molecule has 1 fully saturated rings. The summed E-state index contributed by atoms with van der Waals surface area (Å²) in [6, 6.07) is 1.14. The third-order valence-electron chi connectivity index (χ3n) is 4.23. The maximum atomic E-state index is 4.47. The Hall–Kier alpha value is -1.36. The Morgan fingerprint density at radius 1 is 1.35 bits per heavy atom. The monoisotopic (exact) mass is 277 g/mol. The van der Waals surface area contributed by atoms with Crippen molar-refractivity contribution >= 4 is 11.6 Å². The second kappa shape index (κ2) is 6.88. The van der Waals surface area contributed by atoms with Crippen LogP contribution in [0.4, 0.5) is 11.6 Å². The molecular weight excluding hydrogens is 250 g/mol. The zero-order valence-electron chi connectivity index (χ0n) is 13.1. The molecule has 1 aromatic rings. The second-order valence-corrected chi connectivity index (χ2v) is 5.74. The van der Waals surface area contributed by atoms with Gasteiger partial charge in [0, 0.05) is 31.2 Å². The molecule has 0 aliphatic carbocycles. The molecule has 0 radical (unpaired) electrons. The molecule has 1 saturated heterocycles. The molecule has 0 spiro atoms. The predicted molar refractivity (Wildman–Crippen MR) is 84.3 cm³/mol. The predicted octanol–water partition coefficient (Wildman–Crippen LogP) is 2.37. The number of nitrogens with zero attached hydrogens (tertiary/aromatic N) is 3. The number of anilines is 2. The summed E-state index contributed by atoms with van der Waals surface area (Å²) in [7, 11) is 4.12. The fourth-order valence-electron chi connectivity index (χ4n) is 2.85. The first-order chi connectivity index (χ1) is 9.65. The van der Waals surface area contributed by atoms with Crippen molar-refractivity contribution in [3.05, 3.63) is 11.9 Å². The van der Waals surface area contributed by atoms with E-state index in [1.54, 1.807) is 6.33 Å². The van der Waals surface area contributed by atoms with Gasteiger partial charge in [0.1, 0.15) is 18.0 Å². The summed E-state index contributed by atoms with van der Waals surface area (Å²) < 4.78 is 0. The lowest BCUT2D eigenvalue weighted by Gasteiger charge is -2.35. The summed E-state index contributed by atoms with van der Waals surface area (Å²) in [5, 5.41) is 6.82. The molecule has 2 rings (SSSR count). The van der Waals surface area contributed by atoms with Crippen molar-refractivity contribution in [2.24, 2.45) is 0 Å². The first-order valence-electron chi connectivity index (χ1n) is 7.64. The zero-order valence-corrected chi connectivity index (χ0v) is 13.1. The number of likely N-dealkylation sites (tertiary alicyclic amines) is 1. The Kier molecular flexibility index (Phi) is 5.17. The van der Waals surface area contributed by atoms with Gasteiger partial charge in [-0.2, -0.15) is 0 Å². The Morgan fingerprint density at radius 2 is 2.10 bits per heavy atom. The molecule has 112 valence electrons. The summed E-state index contributed by atoms with van der Waals surface area (Å²) in [6.45, 7) is 5.62. The van der Waals surface area contributed by atoms with Crippen molar-refractivity contribution in [3.63, 3.8) is 0 Å². The van der Waals surface area contributed by atoms with Gasteiger partial charge in [0.05, 0.1) is 0 Å². The van der Waals surface area contributed by atoms with Gasteiger partial charge in [0.25, 0.3) is 0 Å². The van der Waals surface area contributed by atoms with Crippen LogP contribution in [0.1, 0.15) is 38.7 Å². The van der Waals surface area contributed by atoms with Crippen LogP contribution >= 0.6 is 0 Å². The lowest BCUT2D eigenvalue weighted by molar-refractivity contribution is 0.190. The molecule has 1 aliphatic heterocycles. The zero-order chi connectivity index (χ0) is 14.5. The van der Waals surface area contributed by atoms with E-state index in [-0.39, 0.29) is 0 Å². The van der Waals surface area contributed by atoms with Crippen LogP contribution in [0.15, 0.2) is 6.33 Å². The number of hydrogen-bond donors (Lipinski definition) is 2. The van der Waals surface area contributed by atoms with Crippen LogP contribution in [0.25, 0.3) is 0 Å². The molecule has 20 heavy (non-hydrogen) atoms. The molecule has 1 aliphatic rings. The molecule has 0 aromatic carbocycles. The standard InChI is InChI=1S/C15H27N5/c1-5-6-13-14(16-3)17-10-18-15(13)19-12-7-8-20(4)11(2)9-12/h10-12H,5-9H2,1-4H3,(H2,16,17,18,19). The molecule has 1 aromatic heterocycles. The summed E-state index contributed by atoms with van der Waals surface area (Å²) in [5.74, 6) is 1.96. The fourth-order valence-corrected chi connectivity index (χ4v) is 2.85. The lowest BCUT2D eigenvalue weighted by atomic mass is 9.98. The van der Waals surface area contributed by atoms with E-state index in [2.05, 4.69) is 46.4 Å². The minimum absolute atomic E-state index is 0.511. The number of hydrogen-bond acceptors (Lipinski definition) is 5. The van der Waals surface area contributed by atoms with Crippen LogP contribution in [0, 0.1) is 0 Å². The van der Waals surface area contributed by atoms with Crippen molar-refractivity contribution in [1.82, 2.24) is 14.9 Å². The summed E-state index contributed by atoms with van der Waals surface area (Å²) >= 11 is 0. The third-order valence-corrected chi connectivity index (χ3v) is 4.23. The SMILES string of the molecule is CCCc1c(NC)ncnc1NC1CCN(C)C(C)C1. The minimum Gasteiger partial charge on any atom is -0.373 e. The highest BCUT2D eigenvalue weighted by Gasteiger charge is 2.23.